The van der Waals surface area contributed by atoms with Gasteiger partial charge >= 0.3 is 0 Å². The third kappa shape index (κ3) is 4.68. The summed E-state index contributed by atoms with van der Waals surface area (Å²) in [5.74, 6) is 0. The minimum atomic E-state index is 0.400. The summed E-state index contributed by atoms with van der Waals surface area (Å²) >= 11 is 5.94. The molecule has 1 heterocycles. The molecular formula is C15H20ClN3O. The second-order valence-corrected chi connectivity index (χ2v) is 5.34. The Morgan fingerprint density at radius 2 is 2.20 bits per heavy atom. The molecule has 108 valence electrons. The van der Waals surface area contributed by atoms with Crippen LogP contribution in [0.3, 0.4) is 0 Å². The number of nitrogens with one attached hydrogen (secondary N) is 2. The quantitative estimate of drug-likeness (QED) is 0.792. The summed E-state index contributed by atoms with van der Waals surface area (Å²) in [7, 11) is 0. The highest BCUT2D eigenvalue weighted by atomic mass is 35.5. The summed E-state index contributed by atoms with van der Waals surface area (Å²) in [5, 5.41) is 16.2. The number of anilines is 1. The van der Waals surface area contributed by atoms with Gasteiger partial charge in [0.2, 0.25) is 0 Å². The number of halogens is 1. The van der Waals surface area contributed by atoms with E-state index in [1.807, 2.05) is 0 Å². The van der Waals surface area contributed by atoms with Gasteiger partial charge in [-0.25, -0.2) is 0 Å². The molecule has 0 aromatic heterocycles. The van der Waals surface area contributed by atoms with Gasteiger partial charge in [-0.3, -0.25) is 0 Å². The van der Waals surface area contributed by atoms with E-state index in [2.05, 4.69) is 16.7 Å². The molecule has 0 spiro atoms. The zero-order chi connectivity index (χ0) is 14.2. The molecule has 20 heavy (non-hydrogen) atoms. The van der Waals surface area contributed by atoms with E-state index < -0.39 is 0 Å². The van der Waals surface area contributed by atoms with Gasteiger partial charge < -0.3 is 15.4 Å². The molecule has 2 N–H and O–H groups in total. The summed E-state index contributed by atoms with van der Waals surface area (Å²) in [6, 6.07) is 7.40. The molecule has 0 amide bonds. The lowest BCUT2D eigenvalue weighted by Gasteiger charge is -2.23. The van der Waals surface area contributed by atoms with Crippen molar-refractivity contribution in [3.63, 3.8) is 0 Å². The van der Waals surface area contributed by atoms with Crippen molar-refractivity contribution in [1.29, 1.82) is 5.26 Å². The number of nitrogens with zero attached hydrogens (tertiary/aromatic N) is 1. The van der Waals surface area contributed by atoms with Crippen LogP contribution in [-0.4, -0.2) is 32.3 Å². The second kappa shape index (κ2) is 8.11. The molecule has 0 atom stereocenters. The molecule has 1 aromatic carbocycles. The molecule has 0 unspecified atom stereocenters. The fourth-order valence-corrected chi connectivity index (χ4v) is 2.44. The van der Waals surface area contributed by atoms with Gasteiger partial charge in [-0.2, -0.15) is 5.26 Å². The Labute approximate surface area is 125 Å². The Morgan fingerprint density at radius 3 is 2.95 bits per heavy atom. The fraction of sp³-hybridized carbons (Fsp3) is 0.533. The number of hydrogen-bond acceptors (Lipinski definition) is 4. The lowest BCUT2D eigenvalue weighted by atomic mass is 10.1. The first-order valence-corrected chi connectivity index (χ1v) is 7.43. The SMILES string of the molecule is N#Cc1ccc(Cl)cc1NCCCOC1CCNCC1. The van der Waals surface area contributed by atoms with Crippen molar-refractivity contribution < 1.29 is 4.74 Å². The largest absolute Gasteiger partial charge is 0.384 e. The zero-order valence-corrected chi connectivity index (χ0v) is 12.2. The standard InChI is InChI=1S/C15H20ClN3O/c16-13-3-2-12(11-17)15(10-13)19-6-1-9-20-14-4-7-18-8-5-14/h2-3,10,14,18-19H,1,4-9H2. The summed E-state index contributed by atoms with van der Waals surface area (Å²) in [6.07, 6.45) is 3.51. The van der Waals surface area contributed by atoms with Gasteiger partial charge in [0.05, 0.1) is 17.4 Å². The van der Waals surface area contributed by atoms with E-state index in [0.29, 0.717) is 16.7 Å². The summed E-state index contributed by atoms with van der Waals surface area (Å²) < 4.78 is 5.83. The van der Waals surface area contributed by atoms with Gasteiger partial charge in [0.25, 0.3) is 0 Å². The zero-order valence-electron chi connectivity index (χ0n) is 11.5. The van der Waals surface area contributed by atoms with Crippen LogP contribution in [-0.2, 0) is 4.74 Å². The van der Waals surface area contributed by atoms with Crippen LogP contribution in [0, 0.1) is 11.3 Å². The van der Waals surface area contributed by atoms with Crippen LogP contribution >= 0.6 is 11.6 Å². The normalized spacial score (nSPS) is 15.8. The Balaban J connectivity index is 1.68. The van der Waals surface area contributed by atoms with Crippen molar-refractivity contribution in [1.82, 2.24) is 5.32 Å². The van der Waals surface area contributed by atoms with Crippen LogP contribution in [0.15, 0.2) is 18.2 Å². The predicted molar refractivity (Wildman–Crippen MR) is 81.1 cm³/mol. The maximum absolute atomic E-state index is 9.02. The van der Waals surface area contributed by atoms with Gasteiger partial charge in [0, 0.05) is 18.2 Å². The monoisotopic (exact) mass is 293 g/mol. The van der Waals surface area contributed by atoms with Crippen LogP contribution in [0.4, 0.5) is 5.69 Å². The highest BCUT2D eigenvalue weighted by Crippen LogP contribution is 2.20. The summed E-state index contributed by atoms with van der Waals surface area (Å²) in [4.78, 5) is 0. The average Bonchev–Trinajstić information content (AvgIpc) is 2.48. The van der Waals surface area contributed by atoms with Crippen LogP contribution in [0.1, 0.15) is 24.8 Å². The molecule has 1 aliphatic heterocycles. The Bertz CT molecular complexity index is 467. The number of nitriles is 1. The summed E-state index contributed by atoms with van der Waals surface area (Å²) in [6.45, 7) is 3.63. The molecule has 1 fully saturated rings. The van der Waals surface area contributed by atoms with Crippen molar-refractivity contribution >= 4 is 17.3 Å². The second-order valence-electron chi connectivity index (χ2n) is 4.90. The molecule has 0 saturated carbocycles. The molecule has 0 radical (unpaired) electrons. The molecule has 0 aliphatic carbocycles. The number of hydrogen-bond donors (Lipinski definition) is 2. The van der Waals surface area contributed by atoms with E-state index in [9.17, 15) is 0 Å². The number of benzene rings is 1. The lowest BCUT2D eigenvalue weighted by molar-refractivity contribution is 0.0329. The van der Waals surface area contributed by atoms with E-state index in [-0.39, 0.29) is 0 Å². The molecule has 0 bridgehead atoms. The number of piperidine rings is 1. The minimum Gasteiger partial charge on any atom is -0.384 e. The average molecular weight is 294 g/mol. The highest BCUT2D eigenvalue weighted by Gasteiger charge is 2.12. The maximum Gasteiger partial charge on any atom is 0.101 e. The third-order valence-electron chi connectivity index (χ3n) is 3.38. The van der Waals surface area contributed by atoms with E-state index >= 15 is 0 Å². The van der Waals surface area contributed by atoms with Crippen LogP contribution in [0.5, 0.6) is 0 Å². The first-order valence-electron chi connectivity index (χ1n) is 7.05. The van der Waals surface area contributed by atoms with Crippen LogP contribution in [0.2, 0.25) is 5.02 Å². The smallest absolute Gasteiger partial charge is 0.101 e. The predicted octanol–water partition coefficient (Wildman–Crippen LogP) is 2.78. The molecule has 2 rings (SSSR count). The van der Waals surface area contributed by atoms with E-state index in [1.54, 1.807) is 18.2 Å². The lowest BCUT2D eigenvalue weighted by Crippen LogP contribution is -2.32. The Kier molecular flexibility index (Phi) is 6.13. The van der Waals surface area contributed by atoms with Crippen molar-refractivity contribution in [2.75, 3.05) is 31.6 Å². The van der Waals surface area contributed by atoms with E-state index in [0.717, 1.165) is 51.2 Å². The van der Waals surface area contributed by atoms with Gasteiger partial charge in [0.1, 0.15) is 6.07 Å². The van der Waals surface area contributed by atoms with Crippen molar-refractivity contribution in [2.45, 2.75) is 25.4 Å². The highest BCUT2D eigenvalue weighted by molar-refractivity contribution is 6.30. The van der Waals surface area contributed by atoms with Crippen molar-refractivity contribution in [3.8, 4) is 6.07 Å². The van der Waals surface area contributed by atoms with Crippen molar-refractivity contribution in [2.24, 2.45) is 0 Å². The minimum absolute atomic E-state index is 0.400. The van der Waals surface area contributed by atoms with E-state index in [1.165, 1.54) is 0 Å². The van der Waals surface area contributed by atoms with Crippen LogP contribution in [0.25, 0.3) is 0 Å². The van der Waals surface area contributed by atoms with Gasteiger partial charge in [-0.05, 0) is 50.6 Å². The fourth-order valence-electron chi connectivity index (χ4n) is 2.27. The summed E-state index contributed by atoms with van der Waals surface area (Å²) in [5.41, 5.74) is 1.41. The molecule has 1 aliphatic rings. The topological polar surface area (TPSA) is 57.1 Å². The van der Waals surface area contributed by atoms with Crippen molar-refractivity contribution in [3.05, 3.63) is 28.8 Å². The van der Waals surface area contributed by atoms with Crippen LogP contribution < -0.4 is 10.6 Å². The molecule has 4 nitrogen and oxygen atoms in total. The van der Waals surface area contributed by atoms with E-state index in [4.69, 9.17) is 21.6 Å². The first-order chi connectivity index (χ1) is 9.79. The van der Waals surface area contributed by atoms with Gasteiger partial charge in [-0.1, -0.05) is 11.6 Å². The molecule has 1 saturated heterocycles. The Morgan fingerprint density at radius 1 is 1.40 bits per heavy atom. The number of rotatable bonds is 6. The third-order valence-corrected chi connectivity index (χ3v) is 3.61. The molecule has 1 aromatic rings. The van der Waals surface area contributed by atoms with Gasteiger partial charge in [-0.15, -0.1) is 0 Å². The molecular weight excluding hydrogens is 274 g/mol. The maximum atomic E-state index is 9.02. The van der Waals surface area contributed by atoms with Gasteiger partial charge in [0.15, 0.2) is 0 Å². The Hall–Kier alpha value is -1.28. The molecule has 5 heteroatoms. The number of ether oxygens (including phenoxy) is 1. The first kappa shape index (κ1) is 15.1.